The van der Waals surface area contributed by atoms with E-state index in [1.54, 1.807) is 18.3 Å². The van der Waals surface area contributed by atoms with Gasteiger partial charge in [-0.2, -0.15) is 5.10 Å². The van der Waals surface area contributed by atoms with Crippen molar-refractivity contribution in [3.05, 3.63) is 53.6 Å². The predicted octanol–water partition coefficient (Wildman–Crippen LogP) is 1.93. The van der Waals surface area contributed by atoms with Gasteiger partial charge < -0.3 is 15.1 Å². The van der Waals surface area contributed by atoms with Crippen molar-refractivity contribution in [2.45, 2.75) is 31.4 Å². The molecule has 1 fully saturated rings. The maximum absolute atomic E-state index is 13.0. The van der Waals surface area contributed by atoms with E-state index in [2.05, 4.69) is 10.00 Å². The van der Waals surface area contributed by atoms with Gasteiger partial charge in [-0.15, -0.1) is 0 Å². The van der Waals surface area contributed by atoms with Gasteiger partial charge in [0.1, 0.15) is 5.82 Å². The summed E-state index contributed by atoms with van der Waals surface area (Å²) in [5.41, 5.74) is 1.93. The van der Waals surface area contributed by atoms with Gasteiger partial charge in [0, 0.05) is 24.4 Å². The van der Waals surface area contributed by atoms with Crippen molar-refractivity contribution in [1.82, 2.24) is 14.7 Å². The van der Waals surface area contributed by atoms with Crippen LogP contribution < -0.4 is 0 Å². The van der Waals surface area contributed by atoms with E-state index < -0.39 is 6.10 Å². The molecule has 1 aromatic heterocycles. The molecule has 2 aromatic rings. The maximum atomic E-state index is 13.0. The van der Waals surface area contributed by atoms with E-state index in [1.165, 1.54) is 17.8 Å². The Morgan fingerprint density at radius 3 is 2.54 bits per heavy atom. The number of aromatic nitrogens is 2. The van der Waals surface area contributed by atoms with Crippen LogP contribution in [0.5, 0.6) is 0 Å². The van der Waals surface area contributed by atoms with E-state index in [4.69, 9.17) is 5.11 Å². The van der Waals surface area contributed by atoms with Gasteiger partial charge in [-0.1, -0.05) is 12.1 Å². The zero-order valence-corrected chi connectivity index (χ0v) is 13.7. The number of halogens is 1. The van der Waals surface area contributed by atoms with Gasteiger partial charge in [-0.3, -0.25) is 4.68 Å². The molecular weight excluding hydrogens is 309 g/mol. The summed E-state index contributed by atoms with van der Waals surface area (Å²) in [6.45, 7) is 3.01. The van der Waals surface area contributed by atoms with Crippen molar-refractivity contribution in [3.8, 4) is 0 Å². The molecule has 0 amide bonds. The molecule has 0 radical (unpaired) electrons. The number of aliphatic hydroxyl groups excluding tert-OH is 2. The number of likely N-dealkylation sites (tertiary alicyclic amines) is 1. The smallest absolute Gasteiger partial charge is 0.123 e. The average Bonchev–Trinajstić information content (AvgIpc) is 3.05. The highest BCUT2D eigenvalue weighted by molar-refractivity contribution is 5.19. The Balaban J connectivity index is 1.53. The standard InChI is InChI=1S/C18H24FN3O2/c19-16-3-1-15(2-4-16)18(24)13-21-9-6-14(7-10-21)17-5-8-20-22(17)11-12-23/h1-5,8,14,18,23-24H,6-7,9-13H2/t18-/m1/s1. The van der Waals surface area contributed by atoms with Crippen LogP contribution >= 0.6 is 0 Å². The number of hydrogen-bond donors (Lipinski definition) is 2. The van der Waals surface area contributed by atoms with Crippen LogP contribution in [0.15, 0.2) is 36.5 Å². The van der Waals surface area contributed by atoms with Crippen LogP contribution in [0, 0.1) is 5.82 Å². The molecule has 1 aromatic carbocycles. The third kappa shape index (κ3) is 4.01. The van der Waals surface area contributed by atoms with Crippen molar-refractivity contribution >= 4 is 0 Å². The molecule has 130 valence electrons. The van der Waals surface area contributed by atoms with Crippen LogP contribution in [0.25, 0.3) is 0 Å². The predicted molar refractivity (Wildman–Crippen MR) is 89.1 cm³/mol. The molecule has 3 rings (SSSR count). The van der Waals surface area contributed by atoms with Crippen molar-refractivity contribution in [1.29, 1.82) is 0 Å². The van der Waals surface area contributed by atoms with Gasteiger partial charge in [0.05, 0.1) is 19.3 Å². The topological polar surface area (TPSA) is 61.5 Å². The number of nitrogens with zero attached hydrogens (tertiary/aromatic N) is 3. The average molecular weight is 333 g/mol. The minimum absolute atomic E-state index is 0.0946. The van der Waals surface area contributed by atoms with Crippen LogP contribution in [0.2, 0.25) is 0 Å². The Bertz CT molecular complexity index is 636. The lowest BCUT2D eigenvalue weighted by Crippen LogP contribution is -2.36. The number of aliphatic hydroxyl groups is 2. The van der Waals surface area contributed by atoms with Crippen molar-refractivity contribution in [3.63, 3.8) is 0 Å². The monoisotopic (exact) mass is 333 g/mol. The Morgan fingerprint density at radius 1 is 1.17 bits per heavy atom. The van der Waals surface area contributed by atoms with Gasteiger partial charge in [-0.05, 0) is 49.7 Å². The summed E-state index contributed by atoms with van der Waals surface area (Å²) in [7, 11) is 0. The molecule has 1 atom stereocenters. The van der Waals surface area contributed by atoms with Crippen molar-refractivity contribution in [2.75, 3.05) is 26.2 Å². The van der Waals surface area contributed by atoms with Crippen LogP contribution in [0.4, 0.5) is 4.39 Å². The third-order valence-corrected chi connectivity index (χ3v) is 4.75. The second kappa shape index (κ2) is 7.88. The summed E-state index contributed by atoms with van der Waals surface area (Å²) in [5, 5.41) is 23.7. The van der Waals surface area contributed by atoms with Crippen LogP contribution in [0.1, 0.15) is 36.1 Å². The fraction of sp³-hybridized carbons (Fsp3) is 0.500. The lowest BCUT2D eigenvalue weighted by atomic mass is 9.93. The quantitative estimate of drug-likeness (QED) is 0.848. The van der Waals surface area contributed by atoms with Crippen molar-refractivity contribution < 1.29 is 14.6 Å². The largest absolute Gasteiger partial charge is 0.394 e. The molecule has 0 unspecified atom stereocenters. The van der Waals surface area contributed by atoms with E-state index in [0.29, 0.717) is 19.0 Å². The zero-order valence-electron chi connectivity index (χ0n) is 13.7. The first-order valence-corrected chi connectivity index (χ1v) is 8.46. The molecule has 0 bridgehead atoms. The third-order valence-electron chi connectivity index (χ3n) is 4.75. The number of rotatable bonds is 6. The molecule has 1 saturated heterocycles. The Morgan fingerprint density at radius 2 is 1.88 bits per heavy atom. The molecule has 0 spiro atoms. The lowest BCUT2D eigenvalue weighted by Gasteiger charge is -2.33. The first kappa shape index (κ1) is 17.1. The summed E-state index contributed by atoms with van der Waals surface area (Å²) < 4.78 is 14.8. The first-order chi connectivity index (χ1) is 11.7. The lowest BCUT2D eigenvalue weighted by molar-refractivity contribution is 0.0963. The molecule has 2 heterocycles. The number of β-amino-alcohol motifs (C(OH)–C–C–N with tert-alkyl or cyclic N) is 1. The molecule has 1 aliphatic heterocycles. The highest BCUT2D eigenvalue weighted by atomic mass is 19.1. The van der Waals surface area contributed by atoms with Gasteiger partial charge in [0.2, 0.25) is 0 Å². The Labute approximate surface area is 141 Å². The fourth-order valence-corrected chi connectivity index (χ4v) is 3.42. The molecule has 6 heteroatoms. The molecular formula is C18H24FN3O2. The molecule has 0 aliphatic carbocycles. The summed E-state index contributed by atoms with van der Waals surface area (Å²) in [5.74, 6) is 0.157. The van der Waals surface area contributed by atoms with E-state index in [0.717, 1.165) is 31.5 Å². The number of piperidine rings is 1. The first-order valence-electron chi connectivity index (χ1n) is 8.46. The van der Waals surface area contributed by atoms with E-state index in [1.807, 2.05) is 10.7 Å². The maximum Gasteiger partial charge on any atom is 0.123 e. The minimum Gasteiger partial charge on any atom is -0.394 e. The molecule has 0 saturated carbocycles. The van der Waals surface area contributed by atoms with E-state index in [9.17, 15) is 9.50 Å². The SMILES string of the molecule is OCCn1nccc1C1CCN(C[C@@H](O)c2ccc(F)cc2)CC1. The molecule has 24 heavy (non-hydrogen) atoms. The Hall–Kier alpha value is -1.76. The van der Waals surface area contributed by atoms with Crippen LogP contribution in [-0.2, 0) is 6.54 Å². The van der Waals surface area contributed by atoms with Crippen LogP contribution in [-0.4, -0.2) is 51.1 Å². The van der Waals surface area contributed by atoms with E-state index in [-0.39, 0.29) is 12.4 Å². The minimum atomic E-state index is -0.595. The molecule has 1 aliphatic rings. The highest BCUT2D eigenvalue weighted by Gasteiger charge is 2.24. The summed E-state index contributed by atoms with van der Waals surface area (Å²) in [4.78, 5) is 2.25. The highest BCUT2D eigenvalue weighted by Crippen LogP contribution is 2.28. The summed E-state index contributed by atoms with van der Waals surface area (Å²) in [6, 6.07) is 8.07. The Kier molecular flexibility index (Phi) is 5.60. The zero-order chi connectivity index (χ0) is 16.9. The van der Waals surface area contributed by atoms with E-state index >= 15 is 0 Å². The normalized spacial score (nSPS) is 18.0. The summed E-state index contributed by atoms with van der Waals surface area (Å²) >= 11 is 0. The summed E-state index contributed by atoms with van der Waals surface area (Å²) in [6.07, 6.45) is 3.21. The second-order valence-corrected chi connectivity index (χ2v) is 6.35. The molecule has 5 nitrogen and oxygen atoms in total. The molecule has 2 N–H and O–H groups in total. The number of benzene rings is 1. The van der Waals surface area contributed by atoms with Crippen LogP contribution in [0.3, 0.4) is 0 Å². The number of hydrogen-bond acceptors (Lipinski definition) is 4. The van der Waals surface area contributed by atoms with Gasteiger partial charge in [0.25, 0.3) is 0 Å². The van der Waals surface area contributed by atoms with Gasteiger partial charge in [0.15, 0.2) is 0 Å². The second-order valence-electron chi connectivity index (χ2n) is 6.35. The van der Waals surface area contributed by atoms with Gasteiger partial charge >= 0.3 is 0 Å². The van der Waals surface area contributed by atoms with Gasteiger partial charge in [-0.25, -0.2) is 4.39 Å². The van der Waals surface area contributed by atoms with Crippen molar-refractivity contribution in [2.24, 2.45) is 0 Å². The fourth-order valence-electron chi connectivity index (χ4n) is 3.42.